The largest absolute Gasteiger partial charge is 0.342 e. The first-order valence-corrected chi connectivity index (χ1v) is 6.88. The minimum atomic E-state index is 0.205. The highest BCUT2D eigenvalue weighted by Crippen LogP contribution is 2.25. The van der Waals surface area contributed by atoms with Crippen LogP contribution in [0.5, 0.6) is 0 Å². The van der Waals surface area contributed by atoms with Crippen LogP contribution in [0.2, 0.25) is 0 Å². The fourth-order valence-electron chi connectivity index (χ4n) is 2.92. The second kappa shape index (κ2) is 5.67. The Hall–Kier alpha value is -0.830. The molecule has 1 amide bonds. The maximum atomic E-state index is 12.4. The van der Waals surface area contributed by atoms with Crippen molar-refractivity contribution in [2.45, 2.75) is 45.1 Å². The third-order valence-corrected chi connectivity index (χ3v) is 4.13. The number of amides is 1. The molecule has 0 spiro atoms. The second-order valence-corrected chi connectivity index (χ2v) is 5.53. The fraction of sp³-hybridized carbons (Fsp3) is 0.786. The Morgan fingerprint density at radius 2 is 2.24 bits per heavy atom. The van der Waals surface area contributed by atoms with Crippen LogP contribution in [0.15, 0.2) is 12.2 Å². The molecule has 3 unspecified atom stereocenters. The Bertz CT molecular complexity index is 299. The van der Waals surface area contributed by atoms with E-state index in [2.05, 4.69) is 24.0 Å². The Labute approximate surface area is 104 Å². The summed E-state index contributed by atoms with van der Waals surface area (Å²) in [6.45, 7) is 3.86. The van der Waals surface area contributed by atoms with Gasteiger partial charge in [-0.15, -0.1) is 0 Å². The van der Waals surface area contributed by atoms with Crippen molar-refractivity contribution in [2.24, 2.45) is 17.6 Å². The summed E-state index contributed by atoms with van der Waals surface area (Å²) in [5.41, 5.74) is 5.96. The van der Waals surface area contributed by atoms with Gasteiger partial charge in [-0.05, 0) is 44.9 Å². The number of nitrogens with two attached hydrogens (primary N) is 1. The topological polar surface area (TPSA) is 46.3 Å². The van der Waals surface area contributed by atoms with Gasteiger partial charge >= 0.3 is 0 Å². The summed E-state index contributed by atoms with van der Waals surface area (Å²) in [7, 11) is 0. The smallest absolute Gasteiger partial charge is 0.226 e. The van der Waals surface area contributed by atoms with Gasteiger partial charge in [0.15, 0.2) is 0 Å². The zero-order chi connectivity index (χ0) is 12.3. The average Bonchev–Trinajstić information content (AvgIpc) is 2.39. The van der Waals surface area contributed by atoms with Gasteiger partial charge in [0.05, 0.1) is 0 Å². The fourth-order valence-corrected chi connectivity index (χ4v) is 2.92. The van der Waals surface area contributed by atoms with Gasteiger partial charge in [0, 0.05) is 25.0 Å². The zero-order valence-electron chi connectivity index (χ0n) is 10.8. The summed E-state index contributed by atoms with van der Waals surface area (Å²) in [5, 5.41) is 0. The molecule has 2 aliphatic rings. The van der Waals surface area contributed by atoms with Crippen LogP contribution in [0.1, 0.15) is 39.0 Å². The molecule has 3 heteroatoms. The number of piperidine rings is 1. The molecule has 0 aromatic heterocycles. The number of likely N-dealkylation sites (tertiary alicyclic amines) is 1. The monoisotopic (exact) mass is 236 g/mol. The number of allylic oxidation sites excluding steroid dienone is 2. The molecule has 1 heterocycles. The molecule has 0 aromatic carbocycles. The molecule has 2 N–H and O–H groups in total. The predicted molar refractivity (Wildman–Crippen MR) is 69.4 cm³/mol. The van der Waals surface area contributed by atoms with Crippen molar-refractivity contribution in [3.05, 3.63) is 12.2 Å². The van der Waals surface area contributed by atoms with Crippen molar-refractivity contribution in [1.29, 1.82) is 0 Å². The first-order valence-electron chi connectivity index (χ1n) is 6.88. The molecular formula is C14H24N2O. The summed E-state index contributed by atoms with van der Waals surface area (Å²) < 4.78 is 0. The van der Waals surface area contributed by atoms with Gasteiger partial charge in [0.2, 0.25) is 5.91 Å². The third-order valence-electron chi connectivity index (χ3n) is 4.13. The average molecular weight is 236 g/mol. The number of carbonyl (C=O) groups is 1. The van der Waals surface area contributed by atoms with Crippen LogP contribution in [0.3, 0.4) is 0 Å². The van der Waals surface area contributed by atoms with Gasteiger partial charge in [-0.1, -0.05) is 12.2 Å². The Morgan fingerprint density at radius 1 is 1.41 bits per heavy atom. The minimum Gasteiger partial charge on any atom is -0.342 e. The van der Waals surface area contributed by atoms with Crippen LogP contribution in [-0.2, 0) is 4.79 Å². The maximum absolute atomic E-state index is 12.4. The van der Waals surface area contributed by atoms with Gasteiger partial charge in [0.25, 0.3) is 0 Å². The molecule has 17 heavy (non-hydrogen) atoms. The lowest BCUT2D eigenvalue weighted by Crippen LogP contribution is -2.47. The van der Waals surface area contributed by atoms with Crippen LogP contribution < -0.4 is 5.73 Å². The van der Waals surface area contributed by atoms with Crippen molar-refractivity contribution in [1.82, 2.24) is 4.90 Å². The minimum absolute atomic E-state index is 0.205. The lowest BCUT2D eigenvalue weighted by atomic mass is 9.89. The van der Waals surface area contributed by atoms with E-state index in [1.165, 1.54) is 6.42 Å². The van der Waals surface area contributed by atoms with Crippen molar-refractivity contribution in [3.8, 4) is 0 Å². The first-order chi connectivity index (χ1) is 8.18. The molecule has 1 fully saturated rings. The van der Waals surface area contributed by atoms with Crippen LogP contribution in [-0.4, -0.2) is 29.9 Å². The van der Waals surface area contributed by atoms with E-state index in [0.717, 1.165) is 38.8 Å². The Kier molecular flexibility index (Phi) is 4.21. The molecule has 3 atom stereocenters. The van der Waals surface area contributed by atoms with Crippen molar-refractivity contribution in [3.63, 3.8) is 0 Å². The van der Waals surface area contributed by atoms with Crippen molar-refractivity contribution >= 4 is 5.91 Å². The van der Waals surface area contributed by atoms with Crippen LogP contribution in [0, 0.1) is 11.8 Å². The summed E-state index contributed by atoms with van der Waals surface area (Å²) >= 11 is 0. The standard InChI is InChI=1S/C14H24N2O/c1-11(15)13-8-5-9-16(10-13)14(17)12-6-3-2-4-7-12/h2-3,11-13H,4-10,15H2,1H3. The highest BCUT2D eigenvalue weighted by molar-refractivity contribution is 5.79. The van der Waals surface area contributed by atoms with E-state index in [9.17, 15) is 4.79 Å². The molecule has 1 aliphatic carbocycles. The molecular weight excluding hydrogens is 212 g/mol. The van der Waals surface area contributed by atoms with E-state index in [1.54, 1.807) is 0 Å². The lowest BCUT2D eigenvalue weighted by molar-refractivity contribution is -0.137. The van der Waals surface area contributed by atoms with E-state index in [1.807, 2.05) is 0 Å². The highest BCUT2D eigenvalue weighted by Gasteiger charge is 2.29. The van der Waals surface area contributed by atoms with Gasteiger partial charge in [0.1, 0.15) is 0 Å². The lowest BCUT2D eigenvalue weighted by Gasteiger charge is -2.36. The second-order valence-electron chi connectivity index (χ2n) is 5.53. The van der Waals surface area contributed by atoms with Gasteiger partial charge < -0.3 is 10.6 Å². The number of hydrogen-bond donors (Lipinski definition) is 1. The Morgan fingerprint density at radius 3 is 2.88 bits per heavy atom. The number of carbonyl (C=O) groups excluding carboxylic acids is 1. The summed E-state index contributed by atoms with van der Waals surface area (Å²) in [6, 6.07) is 0.205. The summed E-state index contributed by atoms with van der Waals surface area (Å²) in [4.78, 5) is 14.4. The van der Waals surface area contributed by atoms with E-state index in [0.29, 0.717) is 11.8 Å². The maximum Gasteiger partial charge on any atom is 0.226 e. The van der Waals surface area contributed by atoms with E-state index < -0.39 is 0 Å². The van der Waals surface area contributed by atoms with Gasteiger partial charge in [-0.25, -0.2) is 0 Å². The quantitative estimate of drug-likeness (QED) is 0.745. The van der Waals surface area contributed by atoms with Crippen LogP contribution >= 0.6 is 0 Å². The molecule has 0 radical (unpaired) electrons. The summed E-state index contributed by atoms with van der Waals surface area (Å²) in [6.07, 6.45) is 9.63. The number of nitrogens with zero attached hydrogens (tertiary/aromatic N) is 1. The molecule has 0 aromatic rings. The number of hydrogen-bond acceptors (Lipinski definition) is 2. The van der Waals surface area contributed by atoms with Gasteiger partial charge in [-0.3, -0.25) is 4.79 Å². The molecule has 1 aliphatic heterocycles. The molecule has 0 saturated carbocycles. The Balaban J connectivity index is 1.92. The van der Waals surface area contributed by atoms with E-state index in [-0.39, 0.29) is 12.0 Å². The molecule has 3 nitrogen and oxygen atoms in total. The molecule has 0 bridgehead atoms. The molecule has 1 saturated heterocycles. The van der Waals surface area contributed by atoms with Crippen molar-refractivity contribution < 1.29 is 4.79 Å². The zero-order valence-corrected chi connectivity index (χ0v) is 10.8. The summed E-state index contributed by atoms with van der Waals surface area (Å²) in [5.74, 6) is 1.08. The number of rotatable bonds is 2. The molecule has 2 rings (SSSR count). The van der Waals surface area contributed by atoms with E-state index >= 15 is 0 Å². The highest BCUT2D eigenvalue weighted by atomic mass is 16.2. The van der Waals surface area contributed by atoms with Crippen LogP contribution in [0.25, 0.3) is 0 Å². The van der Waals surface area contributed by atoms with E-state index in [4.69, 9.17) is 5.73 Å². The predicted octanol–water partition coefficient (Wildman–Crippen LogP) is 1.93. The molecule has 96 valence electrons. The third kappa shape index (κ3) is 3.09. The SMILES string of the molecule is CC(N)C1CCCN(C(=O)C2CC=CCC2)C1. The first kappa shape index (κ1) is 12.6. The van der Waals surface area contributed by atoms with Crippen LogP contribution in [0.4, 0.5) is 0 Å². The normalized spacial score (nSPS) is 31.3. The van der Waals surface area contributed by atoms with Gasteiger partial charge in [-0.2, -0.15) is 0 Å². The van der Waals surface area contributed by atoms with Crippen molar-refractivity contribution in [2.75, 3.05) is 13.1 Å².